The van der Waals surface area contributed by atoms with Crippen LogP contribution in [0.3, 0.4) is 0 Å². The summed E-state index contributed by atoms with van der Waals surface area (Å²) in [6, 6.07) is 19.8. The maximum Gasteiger partial charge on any atom is 0.297 e. The first kappa shape index (κ1) is 66.7. The maximum absolute atomic E-state index is 14.0. The Labute approximate surface area is 523 Å². The van der Waals surface area contributed by atoms with Crippen LogP contribution in [0.5, 0.6) is 11.5 Å². The Bertz CT molecular complexity index is 4210. The number of hydrogen-bond acceptors (Lipinski definition) is 23. The Hall–Kier alpha value is -9.85. The zero-order valence-corrected chi connectivity index (χ0v) is 52.5. The number of ketones is 2. The number of Topliss-reactive ketones (excluding diaryl/α,β-unsaturated/α-hetero) is 2. The van der Waals surface area contributed by atoms with Gasteiger partial charge in [0.2, 0.25) is 17.6 Å². The van der Waals surface area contributed by atoms with E-state index in [0.717, 1.165) is 42.5 Å². The van der Waals surface area contributed by atoms with E-state index in [1.54, 1.807) is 24.3 Å². The fourth-order valence-corrected chi connectivity index (χ4v) is 12.1. The van der Waals surface area contributed by atoms with Gasteiger partial charge in [-0.2, -0.15) is 33.7 Å². The van der Waals surface area contributed by atoms with Crippen molar-refractivity contribution in [1.82, 2.24) is 15.0 Å². The number of amides is 2. The Morgan fingerprint density at radius 2 is 1.20 bits per heavy atom. The highest BCUT2D eigenvalue weighted by Crippen LogP contribution is 2.46. The number of aromatic nitrogens is 3. The average Bonchev–Trinajstić information content (AvgIpc) is 1.86. The molecule has 89 heavy (non-hydrogen) atoms. The van der Waals surface area contributed by atoms with Crippen molar-refractivity contribution in [3.63, 3.8) is 0 Å². The van der Waals surface area contributed by atoms with Gasteiger partial charge in [0.05, 0.1) is 59.6 Å². The first-order chi connectivity index (χ1) is 42.6. The molecule has 30 heteroatoms. The molecule has 3 aromatic heterocycles. The summed E-state index contributed by atoms with van der Waals surface area (Å²) in [6.45, 7) is 22.1. The highest BCUT2D eigenvalue weighted by atomic mass is 32.2. The number of thioether (sulfide) groups is 1. The molecule has 0 spiro atoms. The van der Waals surface area contributed by atoms with Crippen LogP contribution in [-0.2, 0) is 29.3 Å². The summed E-state index contributed by atoms with van der Waals surface area (Å²) in [4.78, 5) is 73.2. The number of nitriles is 1. The van der Waals surface area contributed by atoms with Gasteiger partial charge in [-0.15, -0.1) is 38.0 Å². The van der Waals surface area contributed by atoms with Crippen molar-refractivity contribution in [3.8, 4) is 17.6 Å². The fraction of sp³-hybridized carbons (Fsp3) is 0.237. The first-order valence-corrected chi connectivity index (χ1v) is 31.0. The molecule has 0 bridgehead atoms. The standard InChI is InChI=1S/C59H57F2N15O9S4/c1-11-75(12-2)47-27-42(44(29-49(47)84-9)71-73-55-41(31-62)52(89(81,82)83)51(88-55)26-40(33(7)78)54(80)65-37-21-17-19-35(61)23-37)66-57-68-58(70-59(69-57)86-15-5)67-43-28-48(76(13-3)14-4)50(85-10)30-45(43)72-74-56-46(63-8)25-38(87-56)24-39(32(6)77)53(79)64-36-20-16-18-34(60)22-36/h16-30H,11-15H2,1-7,9-10H3,(H,64,79)(H,65,80)(H,81,82,83)(H2,66,67,68,69,70)/b39-24+,40-26-,73-71?,74-72?. The van der Waals surface area contributed by atoms with Crippen LogP contribution in [0.25, 0.3) is 17.0 Å². The van der Waals surface area contributed by atoms with Crippen LogP contribution in [0.4, 0.5) is 81.9 Å². The lowest BCUT2D eigenvalue weighted by molar-refractivity contribution is -0.120. The Kier molecular flexibility index (Phi) is 22.6. The number of rotatable bonds is 27. The van der Waals surface area contributed by atoms with Gasteiger partial charge in [0.1, 0.15) is 56.0 Å². The van der Waals surface area contributed by atoms with E-state index in [9.17, 15) is 46.2 Å². The van der Waals surface area contributed by atoms with Crippen LogP contribution in [0.1, 0.15) is 63.8 Å². The van der Waals surface area contributed by atoms with Gasteiger partial charge in [-0.1, -0.05) is 30.8 Å². The number of ether oxygens (including phenoxy) is 2. The van der Waals surface area contributed by atoms with E-state index in [1.807, 2.05) is 44.4 Å². The maximum atomic E-state index is 14.0. The normalized spacial score (nSPS) is 11.7. The molecule has 460 valence electrons. The third-order valence-electron chi connectivity index (χ3n) is 12.7. The molecule has 0 aliphatic carbocycles. The number of nitrogens with zero attached hydrogens (tertiary/aromatic N) is 11. The third-order valence-corrected chi connectivity index (χ3v) is 16.5. The second kappa shape index (κ2) is 30.2. The highest BCUT2D eigenvalue weighted by Gasteiger charge is 2.29. The molecule has 7 rings (SSSR count). The molecule has 0 aliphatic heterocycles. The molecule has 0 aliphatic rings. The predicted molar refractivity (Wildman–Crippen MR) is 341 cm³/mol. The summed E-state index contributed by atoms with van der Waals surface area (Å²) < 4.78 is 76.1. The third kappa shape index (κ3) is 16.6. The van der Waals surface area contributed by atoms with Crippen LogP contribution >= 0.6 is 34.4 Å². The second-order valence-electron chi connectivity index (χ2n) is 18.4. The molecule has 2 amide bonds. The van der Waals surface area contributed by atoms with Crippen LogP contribution in [0.15, 0.2) is 121 Å². The summed E-state index contributed by atoms with van der Waals surface area (Å²) in [7, 11) is -2.30. The number of thiophene rings is 2. The van der Waals surface area contributed by atoms with E-state index in [-0.39, 0.29) is 66.8 Å². The van der Waals surface area contributed by atoms with Gasteiger partial charge in [0, 0.05) is 54.6 Å². The van der Waals surface area contributed by atoms with Gasteiger partial charge in [-0.25, -0.2) is 13.6 Å². The molecule has 0 fully saturated rings. The van der Waals surface area contributed by atoms with Crippen LogP contribution in [-0.4, -0.2) is 97.5 Å². The minimum Gasteiger partial charge on any atom is -0.494 e. The monoisotopic (exact) mass is 1290 g/mol. The van der Waals surface area contributed by atoms with Crippen molar-refractivity contribution in [2.75, 3.05) is 77.2 Å². The quantitative estimate of drug-likeness (QED) is 0.00607. The molecule has 0 radical (unpaired) electrons. The van der Waals surface area contributed by atoms with Gasteiger partial charge >= 0.3 is 0 Å². The molecule has 0 unspecified atom stereocenters. The van der Waals surface area contributed by atoms with Gasteiger partial charge < -0.3 is 40.5 Å². The summed E-state index contributed by atoms with van der Waals surface area (Å²) in [5.41, 5.74) is 0.686. The van der Waals surface area contributed by atoms with Crippen LogP contribution < -0.4 is 40.5 Å². The molecule has 0 saturated carbocycles. The van der Waals surface area contributed by atoms with E-state index in [1.165, 1.54) is 81.4 Å². The topological polar surface area (TPSA) is 312 Å². The van der Waals surface area contributed by atoms with Crippen molar-refractivity contribution >= 4 is 153 Å². The Morgan fingerprint density at radius 1 is 0.719 bits per heavy atom. The van der Waals surface area contributed by atoms with Gasteiger partial charge in [0.15, 0.2) is 21.7 Å². The fourth-order valence-electron chi connectivity index (χ4n) is 8.54. The lowest BCUT2D eigenvalue weighted by Crippen LogP contribution is -2.22. The molecule has 0 saturated heterocycles. The van der Waals surface area contributed by atoms with Gasteiger partial charge in [-0.3, -0.25) is 23.7 Å². The predicted octanol–water partition coefficient (Wildman–Crippen LogP) is 14.3. The van der Waals surface area contributed by atoms with Crippen molar-refractivity contribution in [2.24, 2.45) is 20.5 Å². The number of halogens is 2. The van der Waals surface area contributed by atoms with E-state index in [4.69, 9.17) is 31.0 Å². The van der Waals surface area contributed by atoms with Gasteiger partial charge in [0.25, 0.3) is 21.9 Å². The molecular weight excluding hydrogens is 1230 g/mol. The molecule has 5 N–H and O–H groups in total. The number of carbonyl (C=O) groups is 4. The lowest BCUT2D eigenvalue weighted by Gasteiger charge is -2.25. The molecule has 0 atom stereocenters. The van der Waals surface area contributed by atoms with Gasteiger partial charge in [-0.05, 0) is 114 Å². The van der Waals surface area contributed by atoms with Crippen molar-refractivity contribution in [1.29, 1.82) is 5.26 Å². The number of anilines is 8. The number of azo groups is 2. The van der Waals surface area contributed by atoms with Crippen molar-refractivity contribution < 1.29 is 50.4 Å². The number of hydrogen-bond donors (Lipinski definition) is 5. The van der Waals surface area contributed by atoms with Crippen molar-refractivity contribution in [2.45, 2.75) is 58.5 Å². The Morgan fingerprint density at radius 3 is 1.62 bits per heavy atom. The summed E-state index contributed by atoms with van der Waals surface area (Å²) in [5, 5.41) is 39.7. The van der Waals surface area contributed by atoms with Crippen LogP contribution in [0.2, 0.25) is 0 Å². The molecular formula is C59H57F2N15O9S4. The smallest absolute Gasteiger partial charge is 0.297 e. The highest BCUT2D eigenvalue weighted by molar-refractivity contribution is 7.99. The zero-order valence-electron chi connectivity index (χ0n) is 49.2. The number of carbonyl (C=O) groups excluding carboxylic acids is 4. The summed E-state index contributed by atoms with van der Waals surface area (Å²) >= 11 is 2.79. The molecule has 3 heterocycles. The van der Waals surface area contributed by atoms with E-state index in [0.29, 0.717) is 76.7 Å². The lowest BCUT2D eigenvalue weighted by atomic mass is 10.1. The summed E-state index contributed by atoms with van der Waals surface area (Å²) in [5.74, 6) is -3.27. The second-order valence-corrected chi connectivity index (χ2v) is 23.1. The van der Waals surface area contributed by atoms with E-state index < -0.39 is 66.0 Å². The minimum atomic E-state index is -5.25. The Balaban J connectivity index is 1.32. The minimum absolute atomic E-state index is 0.00927. The number of nitrogens with one attached hydrogen (secondary N) is 4. The average molecular weight is 1290 g/mol. The molecule has 7 aromatic rings. The van der Waals surface area contributed by atoms with Crippen LogP contribution in [0, 0.1) is 29.5 Å². The SMILES string of the molecule is [C-]#[N+]c1cc(/C=C(\C(C)=O)C(=O)Nc2cccc(F)c2)sc1N=Nc1cc(OC)c(N(CC)CC)cc1Nc1nc(Nc2cc(N(CC)CC)c(OC)cc2N=Nc2sc(/C=C(/C(C)=O)C(=O)Nc3cccc(F)c3)c(S(=O)(=O)O)c2C#N)nc(SCC)n1. The largest absolute Gasteiger partial charge is 0.494 e. The number of benzene rings is 4. The number of methoxy groups -OCH3 is 2. The zero-order chi connectivity index (χ0) is 64.7. The first-order valence-electron chi connectivity index (χ1n) is 26.9. The summed E-state index contributed by atoms with van der Waals surface area (Å²) in [6.07, 6.45) is 2.19. The van der Waals surface area contributed by atoms with E-state index >= 15 is 0 Å². The molecule has 24 nitrogen and oxygen atoms in total. The van der Waals surface area contributed by atoms with Crippen molar-refractivity contribution in [3.05, 3.63) is 128 Å². The van der Waals surface area contributed by atoms with E-state index in [2.05, 4.69) is 46.6 Å². The molecule has 4 aromatic carbocycles.